The molecule has 0 aliphatic heterocycles. The van der Waals surface area contributed by atoms with Crippen LogP contribution in [0, 0.1) is 35.5 Å². The van der Waals surface area contributed by atoms with Crippen molar-refractivity contribution in [2.75, 3.05) is 0 Å². The van der Waals surface area contributed by atoms with Crippen LogP contribution in [-0.4, -0.2) is 0 Å². The molecular formula is C15H18. The van der Waals surface area contributed by atoms with Crippen molar-refractivity contribution in [1.82, 2.24) is 0 Å². The van der Waals surface area contributed by atoms with Gasteiger partial charge < -0.3 is 0 Å². The summed E-state index contributed by atoms with van der Waals surface area (Å²) < 4.78 is 0. The molecule has 78 valence electrons. The highest BCUT2D eigenvalue weighted by Crippen LogP contribution is 2.67. The van der Waals surface area contributed by atoms with Gasteiger partial charge in [0.15, 0.2) is 0 Å². The predicted octanol–water partition coefficient (Wildman–Crippen LogP) is 3.55. The molecule has 6 unspecified atom stereocenters. The zero-order valence-electron chi connectivity index (χ0n) is 9.15. The van der Waals surface area contributed by atoms with Gasteiger partial charge in [-0.3, -0.25) is 0 Å². The quantitative estimate of drug-likeness (QED) is 0.558. The van der Waals surface area contributed by atoms with Crippen LogP contribution < -0.4 is 0 Å². The van der Waals surface area contributed by atoms with Gasteiger partial charge in [-0.05, 0) is 73.2 Å². The van der Waals surface area contributed by atoms with Gasteiger partial charge in [-0.25, -0.2) is 0 Å². The molecule has 0 aromatic rings. The van der Waals surface area contributed by atoms with Crippen molar-refractivity contribution in [3.8, 4) is 0 Å². The van der Waals surface area contributed by atoms with E-state index in [4.69, 9.17) is 0 Å². The molecule has 0 spiro atoms. The van der Waals surface area contributed by atoms with Gasteiger partial charge in [0.1, 0.15) is 0 Å². The van der Waals surface area contributed by atoms with Crippen molar-refractivity contribution in [3.63, 3.8) is 0 Å². The van der Waals surface area contributed by atoms with Crippen molar-refractivity contribution in [2.24, 2.45) is 35.5 Å². The second-order valence-electron chi connectivity index (χ2n) is 6.58. The molecule has 4 bridgehead atoms. The third-order valence-electron chi connectivity index (χ3n) is 6.30. The number of fused-ring (bicyclic) bond motifs is 10. The van der Waals surface area contributed by atoms with Crippen molar-refractivity contribution in [2.45, 2.75) is 32.1 Å². The summed E-state index contributed by atoms with van der Waals surface area (Å²) in [6, 6.07) is 0. The van der Waals surface area contributed by atoms with E-state index < -0.39 is 0 Å². The molecule has 0 amide bonds. The van der Waals surface area contributed by atoms with E-state index in [0.717, 1.165) is 35.5 Å². The fourth-order valence-electron chi connectivity index (χ4n) is 5.94. The van der Waals surface area contributed by atoms with Gasteiger partial charge in [-0.2, -0.15) is 0 Å². The third-order valence-corrected chi connectivity index (χ3v) is 6.30. The second-order valence-corrected chi connectivity index (χ2v) is 6.58. The lowest BCUT2D eigenvalue weighted by atomic mass is 9.74. The Labute approximate surface area is 91.4 Å². The molecule has 5 aliphatic carbocycles. The van der Waals surface area contributed by atoms with E-state index in [1.807, 2.05) is 5.57 Å². The van der Waals surface area contributed by atoms with Crippen LogP contribution >= 0.6 is 0 Å². The Balaban J connectivity index is 1.65. The van der Waals surface area contributed by atoms with Crippen LogP contribution in [0.4, 0.5) is 0 Å². The molecule has 3 fully saturated rings. The Morgan fingerprint density at radius 2 is 2.00 bits per heavy atom. The van der Waals surface area contributed by atoms with Gasteiger partial charge in [0.05, 0.1) is 0 Å². The van der Waals surface area contributed by atoms with E-state index in [-0.39, 0.29) is 0 Å². The first-order valence-electron chi connectivity index (χ1n) is 6.82. The van der Waals surface area contributed by atoms with Crippen molar-refractivity contribution in [3.05, 3.63) is 23.3 Å². The summed E-state index contributed by atoms with van der Waals surface area (Å²) >= 11 is 0. The van der Waals surface area contributed by atoms with Crippen molar-refractivity contribution >= 4 is 0 Å². The lowest BCUT2D eigenvalue weighted by Gasteiger charge is -2.30. The van der Waals surface area contributed by atoms with Gasteiger partial charge in [0, 0.05) is 0 Å². The molecule has 0 saturated heterocycles. The molecule has 0 N–H and O–H groups in total. The average molecular weight is 198 g/mol. The molecule has 15 heavy (non-hydrogen) atoms. The highest BCUT2D eigenvalue weighted by atomic mass is 14.6. The Hall–Kier alpha value is -0.520. The molecular weight excluding hydrogens is 180 g/mol. The maximum Gasteiger partial charge on any atom is -0.00972 e. The fourth-order valence-corrected chi connectivity index (χ4v) is 5.94. The van der Waals surface area contributed by atoms with Crippen LogP contribution in [-0.2, 0) is 0 Å². The fraction of sp³-hybridized carbons (Fsp3) is 0.733. The summed E-state index contributed by atoms with van der Waals surface area (Å²) in [7, 11) is 0. The minimum atomic E-state index is 0.948. The van der Waals surface area contributed by atoms with Crippen LogP contribution in [0.3, 0.4) is 0 Å². The van der Waals surface area contributed by atoms with Gasteiger partial charge in [0.2, 0.25) is 0 Å². The van der Waals surface area contributed by atoms with Gasteiger partial charge >= 0.3 is 0 Å². The maximum absolute atomic E-state index is 2.53. The highest BCUT2D eigenvalue weighted by molar-refractivity contribution is 5.44. The van der Waals surface area contributed by atoms with E-state index in [1.165, 1.54) is 12.8 Å². The minimum absolute atomic E-state index is 0.948. The van der Waals surface area contributed by atoms with Gasteiger partial charge in [-0.15, -0.1) is 0 Å². The first-order chi connectivity index (χ1) is 7.42. The van der Waals surface area contributed by atoms with E-state index in [9.17, 15) is 0 Å². The number of hydrogen-bond donors (Lipinski definition) is 0. The van der Waals surface area contributed by atoms with Crippen LogP contribution in [0.1, 0.15) is 32.1 Å². The Morgan fingerprint density at radius 3 is 3.00 bits per heavy atom. The molecule has 0 heteroatoms. The number of rotatable bonds is 0. The Bertz CT molecular complexity index is 400. The molecule has 3 saturated carbocycles. The lowest BCUT2D eigenvalue weighted by Crippen LogP contribution is -2.25. The zero-order chi connectivity index (χ0) is 9.57. The van der Waals surface area contributed by atoms with Crippen LogP contribution in [0.15, 0.2) is 23.3 Å². The molecule has 0 aromatic carbocycles. The van der Waals surface area contributed by atoms with Crippen LogP contribution in [0.25, 0.3) is 0 Å². The second kappa shape index (κ2) is 2.26. The number of hydrogen-bond acceptors (Lipinski definition) is 0. The summed E-state index contributed by atoms with van der Waals surface area (Å²) in [6.07, 6.45) is 12.6. The standard InChI is InChI=1S/C15H18/c1-3-10-5-8(1)12-7-13-9-2-4-11(6-9)15(13)14(10)12/h1,3,9-11,13-15H,2,4-7H2. The van der Waals surface area contributed by atoms with E-state index in [1.54, 1.807) is 24.8 Å². The smallest absolute Gasteiger partial charge is 0.00972 e. The van der Waals surface area contributed by atoms with Gasteiger partial charge in [-0.1, -0.05) is 17.7 Å². The summed E-state index contributed by atoms with van der Waals surface area (Å²) in [5, 5.41) is 0. The number of allylic oxidation sites excluding steroid dienone is 4. The lowest BCUT2D eigenvalue weighted by molar-refractivity contribution is 0.195. The normalized spacial score (nSPS) is 58.1. The van der Waals surface area contributed by atoms with Gasteiger partial charge in [0.25, 0.3) is 0 Å². The molecule has 6 atom stereocenters. The molecule has 5 rings (SSSR count). The summed E-state index contributed by atoms with van der Waals surface area (Å²) in [4.78, 5) is 0. The summed E-state index contributed by atoms with van der Waals surface area (Å²) in [5.41, 5.74) is 3.69. The molecule has 0 aromatic heterocycles. The van der Waals surface area contributed by atoms with Crippen LogP contribution in [0.2, 0.25) is 0 Å². The predicted molar refractivity (Wildman–Crippen MR) is 60.2 cm³/mol. The molecule has 0 nitrogen and oxygen atoms in total. The SMILES string of the molecule is C1=CC2CC1=C1CC3C4CCC(C4)C3C12. The van der Waals surface area contributed by atoms with E-state index in [0.29, 0.717) is 0 Å². The molecule has 5 aliphatic rings. The highest BCUT2D eigenvalue weighted by Gasteiger charge is 2.58. The first-order valence-corrected chi connectivity index (χ1v) is 6.82. The van der Waals surface area contributed by atoms with E-state index >= 15 is 0 Å². The largest absolute Gasteiger partial charge is 0.0802 e. The molecule has 0 heterocycles. The van der Waals surface area contributed by atoms with Crippen molar-refractivity contribution < 1.29 is 0 Å². The average Bonchev–Trinajstić information content (AvgIpc) is 3.02. The monoisotopic (exact) mass is 198 g/mol. The zero-order valence-corrected chi connectivity index (χ0v) is 9.15. The maximum atomic E-state index is 2.53. The summed E-state index contributed by atoms with van der Waals surface area (Å²) in [5.74, 6) is 6.51. The minimum Gasteiger partial charge on any atom is -0.0802 e. The van der Waals surface area contributed by atoms with E-state index in [2.05, 4.69) is 12.2 Å². The van der Waals surface area contributed by atoms with Crippen LogP contribution in [0.5, 0.6) is 0 Å². The molecule has 0 radical (unpaired) electrons. The van der Waals surface area contributed by atoms with Crippen molar-refractivity contribution in [1.29, 1.82) is 0 Å². The Kier molecular flexibility index (Phi) is 1.16. The third kappa shape index (κ3) is 0.726. The summed E-state index contributed by atoms with van der Waals surface area (Å²) in [6.45, 7) is 0. The topological polar surface area (TPSA) is 0 Å². The first kappa shape index (κ1) is 7.70. The Morgan fingerprint density at radius 1 is 1.07 bits per heavy atom.